The SMILES string of the molecule is CCCCC/C=C\C/C=C\C/C=C\C/C=C\CCCCCC(=O)OC(/C=C\CCCCCCCCCCCCC)C(COP(=O)(O)OCC[N+](C)(C)C)NC(=O)CCCCCCCCCCCCC. The Kier molecular flexibility index (Phi) is 47.7. The molecule has 0 spiro atoms. The molecule has 0 aromatic heterocycles. The predicted molar refractivity (Wildman–Crippen MR) is 295 cm³/mol. The molecule has 1 amide bonds. The van der Waals surface area contributed by atoms with Gasteiger partial charge in [-0.25, -0.2) is 4.57 Å². The highest BCUT2D eigenvalue weighted by Crippen LogP contribution is 2.43. The number of allylic oxidation sites excluding steroid dienone is 9. The fourth-order valence-electron chi connectivity index (χ4n) is 7.98. The highest BCUT2D eigenvalue weighted by Gasteiger charge is 2.30. The van der Waals surface area contributed by atoms with Crippen molar-refractivity contribution >= 4 is 19.7 Å². The fourth-order valence-corrected chi connectivity index (χ4v) is 8.72. The van der Waals surface area contributed by atoms with Gasteiger partial charge in [0.1, 0.15) is 19.3 Å². The Labute approximate surface area is 426 Å². The largest absolute Gasteiger partial charge is 0.472 e. The third-order valence-electron chi connectivity index (χ3n) is 12.5. The average Bonchev–Trinajstić information content (AvgIpc) is 3.31. The highest BCUT2D eigenvalue weighted by molar-refractivity contribution is 7.47. The molecule has 3 unspecified atom stereocenters. The maximum atomic E-state index is 13.5. The molecule has 2 N–H and O–H groups in total. The normalized spacial score (nSPS) is 14.2. The van der Waals surface area contributed by atoms with Gasteiger partial charge in [-0.05, 0) is 76.7 Å². The molecule has 0 aliphatic carbocycles. The van der Waals surface area contributed by atoms with Crippen molar-refractivity contribution in [1.82, 2.24) is 5.32 Å². The van der Waals surface area contributed by atoms with Crippen LogP contribution < -0.4 is 5.32 Å². The topological polar surface area (TPSA) is 111 Å². The number of esters is 1. The first-order valence-corrected chi connectivity index (χ1v) is 30.1. The van der Waals surface area contributed by atoms with Crippen LogP contribution >= 0.6 is 7.82 Å². The van der Waals surface area contributed by atoms with E-state index in [0.717, 1.165) is 77.0 Å². The molecule has 9 nitrogen and oxygen atoms in total. The number of hydrogen-bond donors (Lipinski definition) is 2. The zero-order valence-corrected chi connectivity index (χ0v) is 46.7. The molecule has 0 aromatic carbocycles. The van der Waals surface area contributed by atoms with Crippen LogP contribution in [0.1, 0.15) is 252 Å². The molecule has 402 valence electrons. The summed E-state index contributed by atoms with van der Waals surface area (Å²) in [6.45, 7) is 6.95. The summed E-state index contributed by atoms with van der Waals surface area (Å²) < 4.78 is 30.6. The standard InChI is InChI=1S/C59H109N2O7P/c1-7-10-13-16-19-22-25-27-28-29-30-31-32-34-37-40-43-46-49-52-59(63)68-57(50-47-44-41-38-36-33-26-23-20-17-14-11-8-2)56(55-67-69(64,65)66-54-53-61(4,5)6)60-58(62)51-48-45-42-39-35-24-21-18-15-12-9-3/h19,22,27-28,30-31,34,37,47,50,56-57H,7-18,20-21,23-26,29,32-33,35-36,38-46,48-49,51-55H2,1-6H3,(H-,60,62,64,65)/p+1/b22-19-,28-27-,31-30-,37-34-,50-47-. The Morgan fingerprint density at radius 3 is 1.36 bits per heavy atom. The summed E-state index contributed by atoms with van der Waals surface area (Å²) in [6, 6.07) is -0.859. The summed E-state index contributed by atoms with van der Waals surface area (Å²) >= 11 is 0. The smallest absolute Gasteiger partial charge is 0.456 e. The summed E-state index contributed by atoms with van der Waals surface area (Å²) in [6.07, 6.45) is 60.7. The van der Waals surface area contributed by atoms with Crippen LogP contribution in [0, 0.1) is 0 Å². The summed E-state index contributed by atoms with van der Waals surface area (Å²) in [5, 5.41) is 3.04. The van der Waals surface area contributed by atoms with Gasteiger partial charge < -0.3 is 19.4 Å². The minimum absolute atomic E-state index is 0.0346. The Bertz CT molecular complexity index is 1370. The molecule has 0 aromatic rings. The first-order valence-electron chi connectivity index (χ1n) is 28.6. The lowest BCUT2D eigenvalue weighted by Crippen LogP contribution is -2.47. The molecular formula is C59H110N2O7P+. The number of nitrogens with one attached hydrogen (secondary N) is 1. The van der Waals surface area contributed by atoms with Gasteiger partial charge >= 0.3 is 13.8 Å². The van der Waals surface area contributed by atoms with Crippen LogP contribution in [-0.4, -0.2) is 74.3 Å². The molecule has 0 fully saturated rings. The second-order valence-electron chi connectivity index (χ2n) is 20.5. The minimum atomic E-state index is -4.45. The number of phosphoric ester groups is 1. The number of carbonyl (C=O) groups excluding carboxylic acids is 2. The minimum Gasteiger partial charge on any atom is -0.456 e. The van der Waals surface area contributed by atoms with Gasteiger partial charge in [0.05, 0.1) is 33.8 Å². The lowest BCUT2D eigenvalue weighted by Gasteiger charge is -2.27. The number of likely N-dealkylation sites (N-methyl/N-ethyl adjacent to an activating group) is 1. The number of rotatable bonds is 51. The number of carbonyl (C=O) groups is 2. The highest BCUT2D eigenvalue weighted by atomic mass is 31.2. The lowest BCUT2D eigenvalue weighted by atomic mass is 10.0. The second-order valence-corrected chi connectivity index (χ2v) is 21.9. The van der Waals surface area contributed by atoms with E-state index in [4.69, 9.17) is 13.8 Å². The van der Waals surface area contributed by atoms with Gasteiger partial charge in [-0.2, -0.15) is 0 Å². The molecule has 69 heavy (non-hydrogen) atoms. The van der Waals surface area contributed by atoms with Crippen molar-refractivity contribution in [2.45, 2.75) is 264 Å². The van der Waals surface area contributed by atoms with Gasteiger partial charge in [-0.3, -0.25) is 18.6 Å². The van der Waals surface area contributed by atoms with Gasteiger partial charge in [-0.15, -0.1) is 0 Å². The molecule has 0 aliphatic heterocycles. The summed E-state index contributed by atoms with van der Waals surface area (Å²) in [7, 11) is 1.48. The number of nitrogens with zero attached hydrogens (tertiary/aromatic N) is 1. The number of quaternary nitrogens is 1. The Morgan fingerprint density at radius 1 is 0.507 bits per heavy atom. The van der Waals surface area contributed by atoms with Crippen LogP contribution in [-0.2, 0) is 27.9 Å². The third-order valence-corrected chi connectivity index (χ3v) is 13.4. The number of hydrogen-bond acceptors (Lipinski definition) is 6. The van der Waals surface area contributed by atoms with Crippen molar-refractivity contribution in [1.29, 1.82) is 0 Å². The molecular weight excluding hydrogens is 880 g/mol. The molecule has 0 heterocycles. The predicted octanol–water partition coefficient (Wildman–Crippen LogP) is 17.1. The molecule has 10 heteroatoms. The van der Waals surface area contributed by atoms with Gasteiger partial charge in [0.25, 0.3) is 0 Å². The van der Waals surface area contributed by atoms with Crippen LogP contribution in [0.15, 0.2) is 60.8 Å². The van der Waals surface area contributed by atoms with E-state index < -0.39 is 20.0 Å². The van der Waals surface area contributed by atoms with Gasteiger partial charge in [-0.1, -0.05) is 223 Å². The summed E-state index contributed by atoms with van der Waals surface area (Å²) in [5.74, 6) is -0.539. The Morgan fingerprint density at radius 2 is 0.884 bits per heavy atom. The molecule has 0 aliphatic rings. The van der Waals surface area contributed by atoms with Crippen LogP contribution in [0.4, 0.5) is 0 Å². The monoisotopic (exact) mass is 990 g/mol. The first-order chi connectivity index (χ1) is 33.4. The van der Waals surface area contributed by atoms with E-state index in [9.17, 15) is 19.0 Å². The van der Waals surface area contributed by atoms with E-state index in [-0.39, 0.29) is 31.5 Å². The van der Waals surface area contributed by atoms with E-state index in [1.165, 1.54) is 135 Å². The van der Waals surface area contributed by atoms with Gasteiger partial charge in [0.15, 0.2) is 0 Å². The van der Waals surface area contributed by atoms with Crippen molar-refractivity contribution in [3.05, 3.63) is 60.8 Å². The van der Waals surface area contributed by atoms with E-state index in [2.05, 4.69) is 74.7 Å². The fraction of sp³-hybridized carbons (Fsp3) is 0.797. The number of phosphoric acid groups is 1. The van der Waals surface area contributed by atoms with E-state index in [1.54, 1.807) is 0 Å². The molecule has 0 saturated heterocycles. The van der Waals surface area contributed by atoms with Gasteiger partial charge in [0, 0.05) is 12.8 Å². The summed E-state index contributed by atoms with van der Waals surface area (Å²) in [4.78, 5) is 37.5. The zero-order chi connectivity index (χ0) is 50.8. The van der Waals surface area contributed by atoms with E-state index >= 15 is 0 Å². The van der Waals surface area contributed by atoms with Crippen LogP contribution in [0.25, 0.3) is 0 Å². The van der Waals surface area contributed by atoms with Crippen LogP contribution in [0.5, 0.6) is 0 Å². The van der Waals surface area contributed by atoms with Crippen LogP contribution in [0.3, 0.4) is 0 Å². The van der Waals surface area contributed by atoms with E-state index in [1.807, 2.05) is 33.3 Å². The Hall–Kier alpha value is -2.29. The first kappa shape index (κ1) is 66.7. The van der Waals surface area contributed by atoms with Crippen molar-refractivity contribution < 1.29 is 37.3 Å². The second kappa shape index (κ2) is 49.3. The number of unbranched alkanes of at least 4 members (excludes halogenated alkanes) is 27. The molecule has 0 rings (SSSR count). The zero-order valence-electron chi connectivity index (χ0n) is 45.8. The Balaban J connectivity index is 5.40. The van der Waals surface area contributed by atoms with Crippen LogP contribution in [0.2, 0.25) is 0 Å². The van der Waals surface area contributed by atoms with Gasteiger partial charge in [0.2, 0.25) is 5.91 Å². The number of ether oxygens (including phenoxy) is 1. The maximum absolute atomic E-state index is 13.5. The van der Waals surface area contributed by atoms with E-state index in [0.29, 0.717) is 23.9 Å². The molecule has 0 saturated carbocycles. The maximum Gasteiger partial charge on any atom is 0.472 e. The average molecular weight is 991 g/mol. The third kappa shape index (κ3) is 50.4. The molecule has 0 bridgehead atoms. The summed E-state index contributed by atoms with van der Waals surface area (Å²) in [5.41, 5.74) is 0. The molecule has 0 radical (unpaired) electrons. The van der Waals surface area contributed by atoms with Crippen molar-refractivity contribution in [3.8, 4) is 0 Å². The number of amides is 1. The van der Waals surface area contributed by atoms with Crippen molar-refractivity contribution in [3.63, 3.8) is 0 Å². The quantitative estimate of drug-likeness (QED) is 0.0205. The lowest BCUT2D eigenvalue weighted by molar-refractivity contribution is -0.870. The van der Waals surface area contributed by atoms with Crippen molar-refractivity contribution in [2.75, 3.05) is 40.9 Å². The molecule has 3 atom stereocenters. The van der Waals surface area contributed by atoms with Crippen molar-refractivity contribution in [2.24, 2.45) is 0 Å².